The van der Waals surface area contributed by atoms with Crippen LogP contribution in [0, 0.1) is 0 Å². The Kier molecular flexibility index (Phi) is 5.90. The highest BCUT2D eigenvalue weighted by Gasteiger charge is 2.30. The summed E-state index contributed by atoms with van der Waals surface area (Å²) in [6.07, 6.45) is -4.94. The number of hydrogen-bond acceptors (Lipinski definition) is 3. The van der Waals surface area contributed by atoms with Crippen LogP contribution < -0.4 is 14.8 Å². The maximum absolute atomic E-state index is 12.7. The van der Waals surface area contributed by atoms with E-state index in [1.165, 1.54) is 19.2 Å². The molecule has 2 rings (SSSR count). The van der Waals surface area contributed by atoms with Crippen molar-refractivity contribution < 1.29 is 27.4 Å². The first kappa shape index (κ1) is 18.6. The SMILES string of the molecule is CCC(Oc1ccc(OC)cc1)C(=O)Nc1cccc(C(F)(F)F)c1. The minimum Gasteiger partial charge on any atom is -0.497 e. The molecule has 2 aromatic rings. The average Bonchev–Trinajstić information content (AvgIpc) is 2.59. The summed E-state index contributed by atoms with van der Waals surface area (Å²) < 4.78 is 48.8. The number of halogens is 3. The van der Waals surface area contributed by atoms with Crippen LogP contribution in [0.25, 0.3) is 0 Å². The zero-order valence-corrected chi connectivity index (χ0v) is 13.8. The fourth-order valence-electron chi connectivity index (χ4n) is 2.14. The monoisotopic (exact) mass is 353 g/mol. The van der Waals surface area contributed by atoms with E-state index in [1.54, 1.807) is 31.2 Å². The second kappa shape index (κ2) is 7.92. The number of amides is 1. The number of carbonyl (C=O) groups is 1. The van der Waals surface area contributed by atoms with Gasteiger partial charge >= 0.3 is 6.18 Å². The molecular formula is C18H18F3NO3. The first-order valence-corrected chi connectivity index (χ1v) is 7.62. The van der Waals surface area contributed by atoms with Crippen LogP contribution in [-0.2, 0) is 11.0 Å². The van der Waals surface area contributed by atoms with Crippen LogP contribution in [0.15, 0.2) is 48.5 Å². The van der Waals surface area contributed by atoms with Gasteiger partial charge in [0, 0.05) is 5.69 Å². The Morgan fingerprint density at radius 2 is 1.76 bits per heavy atom. The summed E-state index contributed by atoms with van der Waals surface area (Å²) in [5, 5.41) is 2.46. The molecule has 134 valence electrons. The summed E-state index contributed by atoms with van der Waals surface area (Å²) in [6, 6.07) is 11.1. The topological polar surface area (TPSA) is 47.6 Å². The second-order valence-electron chi connectivity index (χ2n) is 5.26. The van der Waals surface area contributed by atoms with Gasteiger partial charge in [0.1, 0.15) is 11.5 Å². The van der Waals surface area contributed by atoms with E-state index in [0.717, 1.165) is 12.1 Å². The van der Waals surface area contributed by atoms with E-state index in [0.29, 0.717) is 17.9 Å². The molecule has 0 saturated heterocycles. The molecule has 25 heavy (non-hydrogen) atoms. The van der Waals surface area contributed by atoms with Crippen LogP contribution in [0.5, 0.6) is 11.5 Å². The highest BCUT2D eigenvalue weighted by Crippen LogP contribution is 2.30. The molecule has 0 heterocycles. The third-order valence-corrected chi connectivity index (χ3v) is 3.46. The first-order valence-electron chi connectivity index (χ1n) is 7.62. The van der Waals surface area contributed by atoms with Crippen molar-refractivity contribution in [1.82, 2.24) is 0 Å². The summed E-state index contributed by atoms with van der Waals surface area (Å²) in [5.74, 6) is 0.596. The lowest BCUT2D eigenvalue weighted by molar-refractivity contribution is -0.137. The molecule has 7 heteroatoms. The van der Waals surface area contributed by atoms with E-state index in [2.05, 4.69) is 5.32 Å². The summed E-state index contributed by atoms with van der Waals surface area (Å²) in [4.78, 5) is 12.3. The van der Waals surface area contributed by atoms with Gasteiger partial charge < -0.3 is 14.8 Å². The van der Waals surface area contributed by atoms with Crippen molar-refractivity contribution in [3.63, 3.8) is 0 Å². The van der Waals surface area contributed by atoms with Crippen molar-refractivity contribution in [2.24, 2.45) is 0 Å². The van der Waals surface area contributed by atoms with Gasteiger partial charge in [0.25, 0.3) is 5.91 Å². The van der Waals surface area contributed by atoms with Gasteiger partial charge in [-0.05, 0) is 48.9 Å². The summed E-state index contributed by atoms with van der Waals surface area (Å²) in [7, 11) is 1.53. The van der Waals surface area contributed by atoms with Gasteiger partial charge in [0.15, 0.2) is 6.10 Å². The van der Waals surface area contributed by atoms with Crippen molar-refractivity contribution in [2.45, 2.75) is 25.6 Å². The fourth-order valence-corrected chi connectivity index (χ4v) is 2.14. The van der Waals surface area contributed by atoms with Crippen molar-refractivity contribution in [1.29, 1.82) is 0 Å². The van der Waals surface area contributed by atoms with Crippen LogP contribution in [0.1, 0.15) is 18.9 Å². The molecule has 1 amide bonds. The molecule has 0 aliphatic heterocycles. The van der Waals surface area contributed by atoms with Gasteiger partial charge in [-0.1, -0.05) is 13.0 Å². The zero-order valence-electron chi connectivity index (χ0n) is 13.8. The number of ether oxygens (including phenoxy) is 2. The molecule has 0 fully saturated rings. The number of carbonyl (C=O) groups excluding carboxylic acids is 1. The molecule has 1 atom stereocenters. The molecule has 0 aromatic heterocycles. The van der Waals surface area contributed by atoms with Gasteiger partial charge in [0.2, 0.25) is 0 Å². The van der Waals surface area contributed by atoms with Gasteiger partial charge in [0.05, 0.1) is 12.7 Å². The van der Waals surface area contributed by atoms with Gasteiger partial charge in [-0.25, -0.2) is 0 Å². The highest BCUT2D eigenvalue weighted by atomic mass is 19.4. The number of alkyl halides is 3. The molecule has 0 saturated carbocycles. The van der Waals surface area contributed by atoms with Gasteiger partial charge in [-0.3, -0.25) is 4.79 Å². The minimum atomic E-state index is -4.47. The number of hydrogen-bond donors (Lipinski definition) is 1. The smallest absolute Gasteiger partial charge is 0.416 e. The number of benzene rings is 2. The number of methoxy groups -OCH3 is 1. The Morgan fingerprint density at radius 3 is 2.32 bits per heavy atom. The molecule has 0 bridgehead atoms. The third kappa shape index (κ3) is 5.14. The van der Waals surface area contributed by atoms with Crippen molar-refractivity contribution in [2.75, 3.05) is 12.4 Å². The normalized spacial score (nSPS) is 12.4. The van der Waals surface area contributed by atoms with E-state index in [-0.39, 0.29) is 5.69 Å². The maximum Gasteiger partial charge on any atom is 0.416 e. The lowest BCUT2D eigenvalue weighted by atomic mass is 10.2. The zero-order chi connectivity index (χ0) is 18.4. The van der Waals surface area contributed by atoms with Crippen molar-refractivity contribution in [3.05, 3.63) is 54.1 Å². The van der Waals surface area contributed by atoms with Crippen LogP contribution in [0.4, 0.5) is 18.9 Å². The Hall–Kier alpha value is -2.70. The number of nitrogens with one attached hydrogen (secondary N) is 1. The van der Waals surface area contributed by atoms with Gasteiger partial charge in [-0.2, -0.15) is 13.2 Å². The van der Waals surface area contributed by atoms with E-state index in [9.17, 15) is 18.0 Å². The largest absolute Gasteiger partial charge is 0.497 e. The lowest BCUT2D eigenvalue weighted by Crippen LogP contribution is -2.32. The van der Waals surface area contributed by atoms with Crippen molar-refractivity contribution >= 4 is 11.6 Å². The Balaban J connectivity index is 2.06. The predicted octanol–water partition coefficient (Wildman–Crippen LogP) is 4.51. The van der Waals surface area contributed by atoms with E-state index >= 15 is 0 Å². The standard InChI is InChI=1S/C18H18F3NO3/c1-3-16(25-15-9-7-14(24-2)8-10-15)17(23)22-13-6-4-5-12(11-13)18(19,20)21/h4-11,16H,3H2,1-2H3,(H,22,23). The Morgan fingerprint density at radius 1 is 1.12 bits per heavy atom. The minimum absolute atomic E-state index is 0.0663. The molecule has 4 nitrogen and oxygen atoms in total. The van der Waals surface area contributed by atoms with E-state index < -0.39 is 23.8 Å². The van der Waals surface area contributed by atoms with Crippen molar-refractivity contribution in [3.8, 4) is 11.5 Å². The fraction of sp³-hybridized carbons (Fsp3) is 0.278. The molecular weight excluding hydrogens is 335 g/mol. The summed E-state index contributed by atoms with van der Waals surface area (Å²) in [6.45, 7) is 1.75. The molecule has 0 aliphatic carbocycles. The summed E-state index contributed by atoms with van der Waals surface area (Å²) >= 11 is 0. The lowest BCUT2D eigenvalue weighted by Gasteiger charge is -2.18. The van der Waals surface area contributed by atoms with E-state index in [4.69, 9.17) is 9.47 Å². The quantitative estimate of drug-likeness (QED) is 0.831. The molecule has 2 aromatic carbocycles. The van der Waals surface area contributed by atoms with Crippen LogP contribution >= 0.6 is 0 Å². The summed E-state index contributed by atoms with van der Waals surface area (Å²) in [5.41, 5.74) is -0.758. The van der Waals surface area contributed by atoms with Crippen LogP contribution in [-0.4, -0.2) is 19.1 Å². The third-order valence-electron chi connectivity index (χ3n) is 3.46. The van der Waals surface area contributed by atoms with E-state index in [1.807, 2.05) is 0 Å². The predicted molar refractivity (Wildman–Crippen MR) is 87.8 cm³/mol. The van der Waals surface area contributed by atoms with Gasteiger partial charge in [-0.15, -0.1) is 0 Å². The first-order chi connectivity index (χ1) is 11.8. The maximum atomic E-state index is 12.7. The second-order valence-corrected chi connectivity index (χ2v) is 5.26. The number of anilines is 1. The molecule has 0 aliphatic rings. The number of rotatable bonds is 6. The van der Waals surface area contributed by atoms with Crippen LogP contribution in [0.3, 0.4) is 0 Å². The average molecular weight is 353 g/mol. The molecule has 0 spiro atoms. The van der Waals surface area contributed by atoms with Crippen LogP contribution in [0.2, 0.25) is 0 Å². The molecule has 1 unspecified atom stereocenters. The highest BCUT2D eigenvalue weighted by molar-refractivity contribution is 5.94. The Labute approximate surface area is 143 Å². The Bertz CT molecular complexity index is 714. The molecule has 0 radical (unpaired) electrons. The molecule has 1 N–H and O–H groups in total.